The highest BCUT2D eigenvalue weighted by atomic mass is 79.9. The molecule has 1 aromatic heterocycles. The van der Waals surface area contributed by atoms with Crippen molar-refractivity contribution in [2.75, 3.05) is 13.1 Å². The standard InChI is InChI=1S/C12H20BrN3O/c1-9-11(13)10(15(3)14-9)7-16-6-4-5-12(2,17)8-16/h17H,4-8H2,1-3H3. The van der Waals surface area contributed by atoms with Gasteiger partial charge in [-0.3, -0.25) is 9.58 Å². The lowest BCUT2D eigenvalue weighted by atomic mass is 9.95. The largest absolute Gasteiger partial charge is 0.389 e. The van der Waals surface area contributed by atoms with E-state index in [9.17, 15) is 5.11 Å². The maximum atomic E-state index is 10.1. The van der Waals surface area contributed by atoms with E-state index in [1.807, 2.05) is 25.6 Å². The maximum absolute atomic E-state index is 10.1. The Kier molecular flexibility index (Phi) is 3.61. The van der Waals surface area contributed by atoms with Crippen molar-refractivity contribution in [2.45, 2.75) is 38.8 Å². The Labute approximate surface area is 111 Å². The molecule has 0 aromatic carbocycles. The first kappa shape index (κ1) is 13.1. The first-order valence-electron chi connectivity index (χ1n) is 6.02. The molecule has 2 heterocycles. The van der Waals surface area contributed by atoms with Crippen molar-refractivity contribution in [3.05, 3.63) is 15.9 Å². The Morgan fingerprint density at radius 1 is 1.53 bits per heavy atom. The van der Waals surface area contributed by atoms with Crippen LogP contribution in [0.25, 0.3) is 0 Å². The maximum Gasteiger partial charge on any atom is 0.0746 e. The van der Waals surface area contributed by atoms with Gasteiger partial charge < -0.3 is 5.11 Å². The number of aryl methyl sites for hydroxylation is 2. The zero-order valence-corrected chi connectivity index (χ0v) is 12.3. The minimum absolute atomic E-state index is 0.543. The van der Waals surface area contributed by atoms with Gasteiger partial charge in [-0.05, 0) is 49.2 Å². The van der Waals surface area contributed by atoms with Crippen molar-refractivity contribution in [1.29, 1.82) is 0 Å². The summed E-state index contributed by atoms with van der Waals surface area (Å²) in [7, 11) is 1.97. The molecule has 1 atom stereocenters. The number of hydrogen-bond acceptors (Lipinski definition) is 3. The van der Waals surface area contributed by atoms with Crippen LogP contribution in [0.5, 0.6) is 0 Å². The van der Waals surface area contributed by atoms with E-state index in [1.165, 1.54) is 5.69 Å². The summed E-state index contributed by atoms with van der Waals surface area (Å²) in [6.45, 7) is 6.55. The molecule has 0 saturated carbocycles. The Hall–Kier alpha value is -0.390. The van der Waals surface area contributed by atoms with Crippen LogP contribution in [-0.2, 0) is 13.6 Å². The minimum atomic E-state index is -0.543. The van der Waals surface area contributed by atoms with Gasteiger partial charge in [-0.1, -0.05) is 0 Å². The Balaban J connectivity index is 2.10. The number of nitrogens with zero attached hydrogens (tertiary/aromatic N) is 3. The highest BCUT2D eigenvalue weighted by Crippen LogP contribution is 2.25. The average molecular weight is 302 g/mol. The van der Waals surface area contributed by atoms with Crippen LogP contribution in [0.3, 0.4) is 0 Å². The quantitative estimate of drug-likeness (QED) is 0.906. The second kappa shape index (κ2) is 4.71. The fraction of sp³-hybridized carbons (Fsp3) is 0.750. The number of β-amino-alcohol motifs (C(OH)–C–C–N with tert-alkyl or cyclic N) is 1. The fourth-order valence-electron chi connectivity index (χ4n) is 2.52. The van der Waals surface area contributed by atoms with E-state index in [2.05, 4.69) is 25.9 Å². The van der Waals surface area contributed by atoms with Crippen molar-refractivity contribution in [1.82, 2.24) is 14.7 Å². The molecule has 1 fully saturated rings. The summed E-state index contributed by atoms with van der Waals surface area (Å²) >= 11 is 3.58. The summed E-state index contributed by atoms with van der Waals surface area (Å²) in [5, 5.41) is 14.5. The molecule has 2 rings (SSSR count). The van der Waals surface area contributed by atoms with Gasteiger partial charge in [0, 0.05) is 20.1 Å². The molecule has 4 nitrogen and oxygen atoms in total. The van der Waals surface area contributed by atoms with Gasteiger partial charge >= 0.3 is 0 Å². The van der Waals surface area contributed by atoms with E-state index in [0.29, 0.717) is 0 Å². The molecule has 1 N–H and O–H groups in total. The Morgan fingerprint density at radius 2 is 2.24 bits per heavy atom. The van der Waals surface area contributed by atoms with E-state index in [-0.39, 0.29) is 0 Å². The zero-order chi connectivity index (χ0) is 12.6. The van der Waals surface area contributed by atoms with Crippen molar-refractivity contribution in [3.8, 4) is 0 Å². The molecule has 1 aliphatic rings. The zero-order valence-electron chi connectivity index (χ0n) is 10.7. The summed E-state index contributed by atoms with van der Waals surface area (Å²) in [6, 6.07) is 0. The Bertz CT molecular complexity index is 414. The minimum Gasteiger partial charge on any atom is -0.389 e. The molecule has 1 unspecified atom stereocenters. The summed E-state index contributed by atoms with van der Waals surface area (Å²) in [5.41, 5.74) is 1.66. The molecule has 1 aromatic rings. The molecule has 0 spiro atoms. The van der Waals surface area contributed by atoms with E-state index in [0.717, 1.165) is 42.6 Å². The fourth-order valence-corrected chi connectivity index (χ4v) is 2.98. The van der Waals surface area contributed by atoms with Crippen LogP contribution in [0.2, 0.25) is 0 Å². The third-order valence-electron chi connectivity index (χ3n) is 3.39. The van der Waals surface area contributed by atoms with E-state index in [4.69, 9.17) is 0 Å². The predicted octanol–water partition coefficient (Wildman–Crippen LogP) is 1.84. The van der Waals surface area contributed by atoms with Crippen LogP contribution in [0, 0.1) is 6.92 Å². The van der Waals surface area contributed by atoms with Gasteiger partial charge in [-0.25, -0.2) is 0 Å². The van der Waals surface area contributed by atoms with Gasteiger partial charge in [0.05, 0.1) is 21.5 Å². The lowest BCUT2D eigenvalue weighted by Gasteiger charge is -2.36. The van der Waals surface area contributed by atoms with Crippen LogP contribution < -0.4 is 0 Å². The summed E-state index contributed by atoms with van der Waals surface area (Å²) in [5.74, 6) is 0. The van der Waals surface area contributed by atoms with Crippen molar-refractivity contribution >= 4 is 15.9 Å². The topological polar surface area (TPSA) is 41.3 Å². The molecule has 1 aliphatic heterocycles. The molecule has 5 heteroatoms. The SMILES string of the molecule is Cc1nn(C)c(CN2CCCC(C)(O)C2)c1Br. The van der Waals surface area contributed by atoms with E-state index < -0.39 is 5.60 Å². The first-order chi connectivity index (χ1) is 7.89. The predicted molar refractivity (Wildman–Crippen MR) is 70.8 cm³/mol. The monoisotopic (exact) mass is 301 g/mol. The van der Waals surface area contributed by atoms with Gasteiger partial charge in [0.25, 0.3) is 0 Å². The third-order valence-corrected chi connectivity index (χ3v) is 4.42. The highest BCUT2D eigenvalue weighted by molar-refractivity contribution is 9.10. The number of rotatable bonds is 2. The molecule has 0 amide bonds. The average Bonchev–Trinajstić information content (AvgIpc) is 2.44. The Morgan fingerprint density at radius 3 is 2.76 bits per heavy atom. The smallest absolute Gasteiger partial charge is 0.0746 e. The molecular formula is C12H20BrN3O. The molecule has 1 saturated heterocycles. The lowest BCUT2D eigenvalue weighted by Crippen LogP contribution is -2.45. The van der Waals surface area contributed by atoms with E-state index in [1.54, 1.807) is 0 Å². The molecule has 0 radical (unpaired) electrons. The molecule has 0 bridgehead atoms. The van der Waals surface area contributed by atoms with Gasteiger partial charge in [0.2, 0.25) is 0 Å². The third kappa shape index (κ3) is 2.89. The number of hydrogen-bond donors (Lipinski definition) is 1. The molecule has 96 valence electrons. The van der Waals surface area contributed by atoms with Gasteiger partial charge in [-0.2, -0.15) is 5.10 Å². The van der Waals surface area contributed by atoms with Crippen LogP contribution in [0.4, 0.5) is 0 Å². The highest BCUT2D eigenvalue weighted by Gasteiger charge is 2.29. The van der Waals surface area contributed by atoms with Crippen molar-refractivity contribution in [2.24, 2.45) is 7.05 Å². The summed E-state index contributed by atoms with van der Waals surface area (Å²) in [4.78, 5) is 2.30. The number of likely N-dealkylation sites (tertiary alicyclic amines) is 1. The normalized spacial score (nSPS) is 26.4. The molecule has 0 aliphatic carbocycles. The van der Waals surface area contributed by atoms with Crippen molar-refractivity contribution in [3.63, 3.8) is 0 Å². The first-order valence-corrected chi connectivity index (χ1v) is 6.81. The lowest BCUT2D eigenvalue weighted by molar-refractivity contribution is -0.0188. The van der Waals surface area contributed by atoms with E-state index >= 15 is 0 Å². The van der Waals surface area contributed by atoms with Gasteiger partial charge in [-0.15, -0.1) is 0 Å². The summed E-state index contributed by atoms with van der Waals surface area (Å²) < 4.78 is 3.01. The number of aromatic nitrogens is 2. The summed E-state index contributed by atoms with van der Waals surface area (Å²) in [6.07, 6.45) is 1.95. The van der Waals surface area contributed by atoms with Gasteiger partial charge in [0.15, 0.2) is 0 Å². The van der Waals surface area contributed by atoms with Crippen LogP contribution in [-0.4, -0.2) is 38.5 Å². The molecule has 17 heavy (non-hydrogen) atoms. The number of halogens is 1. The molecular weight excluding hydrogens is 282 g/mol. The van der Waals surface area contributed by atoms with Crippen LogP contribution >= 0.6 is 15.9 Å². The van der Waals surface area contributed by atoms with Crippen LogP contribution in [0.1, 0.15) is 31.2 Å². The number of piperidine rings is 1. The second-order valence-corrected chi connectivity index (χ2v) is 6.07. The second-order valence-electron chi connectivity index (χ2n) is 5.28. The number of aliphatic hydroxyl groups is 1. The van der Waals surface area contributed by atoms with Gasteiger partial charge in [0.1, 0.15) is 0 Å². The van der Waals surface area contributed by atoms with Crippen LogP contribution in [0.15, 0.2) is 4.47 Å². The van der Waals surface area contributed by atoms with Crippen molar-refractivity contribution < 1.29 is 5.11 Å².